The fourth-order valence-electron chi connectivity index (χ4n) is 1.64. The van der Waals surface area contributed by atoms with Crippen LogP contribution >= 0.6 is 0 Å². The second-order valence-corrected chi connectivity index (χ2v) is 4.14. The Balaban J connectivity index is 2.91. The molecule has 0 radical (unpaired) electrons. The highest BCUT2D eigenvalue weighted by Gasteiger charge is 2.19. The van der Waals surface area contributed by atoms with Crippen LogP contribution in [0.3, 0.4) is 0 Å². The third-order valence-electron chi connectivity index (χ3n) is 2.73. The lowest BCUT2D eigenvalue weighted by molar-refractivity contribution is -0.138. The molecule has 1 atom stereocenters. The van der Waals surface area contributed by atoms with Gasteiger partial charge in [0.15, 0.2) is 0 Å². The van der Waals surface area contributed by atoms with Crippen LogP contribution in [0.25, 0.3) is 0 Å². The third kappa shape index (κ3) is 3.45. The summed E-state index contributed by atoms with van der Waals surface area (Å²) in [4.78, 5) is 15.2. The number of carboxylic acids is 1. The van der Waals surface area contributed by atoms with Gasteiger partial charge in [0, 0.05) is 6.20 Å². The number of aryl methyl sites for hydroxylation is 1. The Morgan fingerprint density at radius 3 is 2.94 bits per heavy atom. The van der Waals surface area contributed by atoms with Crippen molar-refractivity contribution in [1.29, 1.82) is 5.26 Å². The minimum absolute atomic E-state index is 0.348. The predicted octanol–water partition coefficient (Wildman–Crippen LogP) is 2.32. The molecular formula is C13H17N3O2. The predicted molar refractivity (Wildman–Crippen MR) is 68.3 cm³/mol. The zero-order chi connectivity index (χ0) is 13.5. The van der Waals surface area contributed by atoms with Crippen molar-refractivity contribution in [2.75, 3.05) is 5.32 Å². The van der Waals surface area contributed by atoms with Gasteiger partial charge in [-0.1, -0.05) is 19.8 Å². The molecule has 2 N–H and O–H groups in total. The Morgan fingerprint density at radius 2 is 2.39 bits per heavy atom. The second kappa shape index (κ2) is 6.60. The number of unbranched alkanes of at least 4 members (excludes halogenated alkanes) is 1. The Morgan fingerprint density at radius 1 is 1.67 bits per heavy atom. The van der Waals surface area contributed by atoms with Gasteiger partial charge < -0.3 is 10.4 Å². The molecular weight excluding hydrogens is 230 g/mol. The van der Waals surface area contributed by atoms with Crippen LogP contribution in [0.5, 0.6) is 0 Å². The number of carbonyl (C=O) groups is 1. The summed E-state index contributed by atoms with van der Waals surface area (Å²) in [6.45, 7) is 3.80. The number of nitrogens with zero attached hydrogens (tertiary/aromatic N) is 2. The molecule has 1 rings (SSSR count). The normalized spacial score (nSPS) is 11.6. The Kier molecular flexibility index (Phi) is 5.12. The van der Waals surface area contributed by atoms with Gasteiger partial charge in [0.25, 0.3) is 0 Å². The van der Waals surface area contributed by atoms with E-state index in [1.54, 1.807) is 19.2 Å². The molecule has 0 saturated carbocycles. The highest BCUT2D eigenvalue weighted by Crippen LogP contribution is 2.17. The average molecular weight is 247 g/mol. The number of aliphatic carboxylic acids is 1. The maximum Gasteiger partial charge on any atom is 0.326 e. The molecule has 1 aromatic rings. The summed E-state index contributed by atoms with van der Waals surface area (Å²) in [5.74, 6) is -0.573. The Labute approximate surface area is 106 Å². The monoisotopic (exact) mass is 247 g/mol. The van der Waals surface area contributed by atoms with E-state index in [0.29, 0.717) is 17.8 Å². The smallest absolute Gasteiger partial charge is 0.326 e. The van der Waals surface area contributed by atoms with Gasteiger partial charge in [-0.25, -0.2) is 9.78 Å². The van der Waals surface area contributed by atoms with Crippen molar-refractivity contribution >= 4 is 11.8 Å². The summed E-state index contributed by atoms with van der Waals surface area (Å²) in [7, 11) is 0. The molecule has 0 unspecified atom stereocenters. The van der Waals surface area contributed by atoms with Crippen LogP contribution in [0, 0.1) is 18.3 Å². The number of carboxylic acid groups (broad SMARTS) is 1. The number of hydrogen-bond acceptors (Lipinski definition) is 4. The molecule has 0 fully saturated rings. The van der Waals surface area contributed by atoms with Gasteiger partial charge in [-0.15, -0.1) is 0 Å². The van der Waals surface area contributed by atoms with Crippen molar-refractivity contribution in [2.45, 2.75) is 39.2 Å². The van der Waals surface area contributed by atoms with E-state index in [9.17, 15) is 4.79 Å². The minimum atomic E-state index is -0.921. The number of nitriles is 1. The van der Waals surface area contributed by atoms with Crippen LogP contribution in [0.2, 0.25) is 0 Å². The molecule has 1 heterocycles. The first-order chi connectivity index (χ1) is 8.60. The third-order valence-corrected chi connectivity index (χ3v) is 2.73. The zero-order valence-corrected chi connectivity index (χ0v) is 10.6. The zero-order valence-electron chi connectivity index (χ0n) is 10.6. The summed E-state index contributed by atoms with van der Waals surface area (Å²) < 4.78 is 0. The minimum Gasteiger partial charge on any atom is -0.480 e. The van der Waals surface area contributed by atoms with Crippen molar-refractivity contribution < 1.29 is 9.90 Å². The fraction of sp³-hybridized carbons (Fsp3) is 0.462. The first kappa shape index (κ1) is 14.0. The summed E-state index contributed by atoms with van der Waals surface area (Å²) >= 11 is 0. The lowest BCUT2D eigenvalue weighted by Gasteiger charge is -2.16. The van der Waals surface area contributed by atoms with Crippen LogP contribution in [0.4, 0.5) is 5.82 Å². The first-order valence-corrected chi connectivity index (χ1v) is 5.95. The molecule has 0 spiro atoms. The van der Waals surface area contributed by atoms with Gasteiger partial charge >= 0.3 is 5.97 Å². The molecule has 1 aromatic heterocycles. The van der Waals surface area contributed by atoms with Crippen molar-refractivity contribution in [1.82, 2.24) is 4.98 Å². The number of rotatable bonds is 6. The molecule has 5 nitrogen and oxygen atoms in total. The number of nitrogens with one attached hydrogen (secondary N) is 1. The van der Waals surface area contributed by atoms with Gasteiger partial charge in [-0.2, -0.15) is 5.26 Å². The van der Waals surface area contributed by atoms with Gasteiger partial charge in [-0.05, 0) is 25.0 Å². The van der Waals surface area contributed by atoms with E-state index in [4.69, 9.17) is 10.4 Å². The Bertz CT molecular complexity index is 466. The molecule has 0 aliphatic heterocycles. The van der Waals surface area contributed by atoms with Gasteiger partial charge in [0.2, 0.25) is 0 Å². The van der Waals surface area contributed by atoms with E-state index >= 15 is 0 Å². The number of hydrogen-bond donors (Lipinski definition) is 2. The quantitative estimate of drug-likeness (QED) is 0.805. The first-order valence-electron chi connectivity index (χ1n) is 5.95. The van der Waals surface area contributed by atoms with E-state index in [1.807, 2.05) is 13.0 Å². The standard InChI is InChI=1S/C13H17N3O2/c1-3-4-5-11(13(17)18)16-12-10(8-14)9(2)6-7-15-12/h6-7,11H,3-5H2,1-2H3,(H,15,16)(H,17,18)/t11-/m0/s1. The second-order valence-electron chi connectivity index (χ2n) is 4.14. The lowest BCUT2D eigenvalue weighted by Crippen LogP contribution is -2.30. The van der Waals surface area contributed by atoms with Crippen LogP contribution in [0.1, 0.15) is 37.3 Å². The summed E-state index contributed by atoms with van der Waals surface area (Å²) in [5, 5.41) is 21.0. The summed E-state index contributed by atoms with van der Waals surface area (Å²) in [6.07, 6.45) is 3.83. The van der Waals surface area contributed by atoms with E-state index in [2.05, 4.69) is 10.3 Å². The number of pyridine rings is 1. The fourth-order valence-corrected chi connectivity index (χ4v) is 1.64. The SMILES string of the molecule is CCCC[C@H](Nc1nccc(C)c1C#N)C(=O)O. The summed E-state index contributed by atoms with van der Waals surface area (Å²) in [5.41, 5.74) is 1.19. The van der Waals surface area contributed by atoms with Crippen LogP contribution in [0.15, 0.2) is 12.3 Å². The largest absolute Gasteiger partial charge is 0.480 e. The lowest BCUT2D eigenvalue weighted by atomic mass is 10.1. The molecule has 0 saturated heterocycles. The molecule has 96 valence electrons. The van der Waals surface area contributed by atoms with Crippen molar-refractivity contribution in [3.63, 3.8) is 0 Å². The van der Waals surface area contributed by atoms with Crippen LogP contribution in [-0.4, -0.2) is 22.1 Å². The highest BCUT2D eigenvalue weighted by atomic mass is 16.4. The van der Waals surface area contributed by atoms with Crippen molar-refractivity contribution in [3.8, 4) is 6.07 Å². The maximum absolute atomic E-state index is 11.1. The number of aromatic nitrogens is 1. The molecule has 0 aliphatic carbocycles. The molecule has 0 amide bonds. The Hall–Kier alpha value is -2.09. The van der Waals surface area contributed by atoms with Gasteiger partial charge in [0.1, 0.15) is 17.9 Å². The summed E-state index contributed by atoms with van der Waals surface area (Å²) in [6, 6.07) is 3.07. The molecule has 0 aromatic carbocycles. The average Bonchev–Trinajstić information content (AvgIpc) is 2.34. The molecule has 0 aliphatic rings. The highest BCUT2D eigenvalue weighted by molar-refractivity contribution is 5.77. The molecule has 18 heavy (non-hydrogen) atoms. The number of anilines is 1. The van der Waals surface area contributed by atoms with Crippen molar-refractivity contribution in [2.24, 2.45) is 0 Å². The van der Waals surface area contributed by atoms with Crippen LogP contribution < -0.4 is 5.32 Å². The van der Waals surface area contributed by atoms with E-state index < -0.39 is 12.0 Å². The molecule has 0 bridgehead atoms. The van der Waals surface area contributed by atoms with Gasteiger partial charge in [-0.3, -0.25) is 0 Å². The molecule has 5 heteroatoms. The van der Waals surface area contributed by atoms with E-state index in [-0.39, 0.29) is 0 Å². The van der Waals surface area contributed by atoms with E-state index in [0.717, 1.165) is 18.4 Å². The van der Waals surface area contributed by atoms with Crippen molar-refractivity contribution in [3.05, 3.63) is 23.4 Å². The van der Waals surface area contributed by atoms with Crippen LogP contribution in [-0.2, 0) is 4.79 Å². The van der Waals surface area contributed by atoms with E-state index in [1.165, 1.54) is 0 Å². The topological polar surface area (TPSA) is 86.0 Å². The van der Waals surface area contributed by atoms with Gasteiger partial charge in [0.05, 0.1) is 5.56 Å². The maximum atomic E-state index is 11.1.